The number of carbonyl (C=O) groups excluding carboxylic acids is 1. The molecule has 1 aliphatic rings. The minimum Gasteiger partial charge on any atom is -0.481 e. The number of carbonyl (C=O) groups is 2. The second-order valence-corrected chi connectivity index (χ2v) is 4.41. The van der Waals surface area contributed by atoms with Crippen molar-refractivity contribution < 1.29 is 36.6 Å². The molecule has 1 unspecified atom stereocenters. The summed E-state index contributed by atoms with van der Waals surface area (Å²) in [7, 11) is 0. The van der Waals surface area contributed by atoms with Crippen molar-refractivity contribution in [1.82, 2.24) is 4.90 Å². The van der Waals surface area contributed by atoms with E-state index in [0.717, 1.165) is 0 Å². The zero-order chi connectivity index (χ0) is 14.8. The quantitative estimate of drug-likeness (QED) is 0.804. The summed E-state index contributed by atoms with van der Waals surface area (Å²) < 4.78 is 61.7. The number of rotatable bonds is 4. The van der Waals surface area contributed by atoms with Crippen LogP contribution in [0.4, 0.5) is 22.0 Å². The van der Waals surface area contributed by atoms with Gasteiger partial charge in [0.15, 0.2) is 0 Å². The third-order valence-electron chi connectivity index (χ3n) is 2.96. The van der Waals surface area contributed by atoms with Gasteiger partial charge in [-0.15, -0.1) is 0 Å². The smallest absolute Gasteiger partial charge is 0.463 e. The van der Waals surface area contributed by atoms with Crippen LogP contribution in [0, 0.1) is 5.92 Å². The number of likely N-dealkylation sites (tertiary alicyclic amines) is 1. The average molecular weight is 289 g/mol. The van der Waals surface area contributed by atoms with Gasteiger partial charge in [-0.2, -0.15) is 22.0 Å². The number of hydrogen-bond acceptors (Lipinski definition) is 2. The third-order valence-corrected chi connectivity index (χ3v) is 2.96. The van der Waals surface area contributed by atoms with Crippen molar-refractivity contribution in [3.63, 3.8) is 0 Å². The zero-order valence-electron chi connectivity index (χ0n) is 9.71. The predicted molar refractivity (Wildman–Crippen MR) is 52.6 cm³/mol. The highest BCUT2D eigenvalue weighted by atomic mass is 19.4. The lowest BCUT2D eigenvalue weighted by Crippen LogP contribution is -2.51. The van der Waals surface area contributed by atoms with Crippen molar-refractivity contribution in [2.45, 2.75) is 31.4 Å². The van der Waals surface area contributed by atoms with Crippen LogP contribution in [-0.2, 0) is 9.59 Å². The van der Waals surface area contributed by atoms with Crippen LogP contribution in [0.1, 0.15) is 19.3 Å². The van der Waals surface area contributed by atoms with Crippen LogP contribution in [0.3, 0.4) is 0 Å². The zero-order valence-corrected chi connectivity index (χ0v) is 9.71. The van der Waals surface area contributed by atoms with E-state index in [1.165, 1.54) is 0 Å². The highest BCUT2D eigenvalue weighted by Gasteiger charge is 2.64. The number of alkyl halides is 5. The molecule has 0 aromatic heterocycles. The molecule has 1 amide bonds. The molecule has 1 aliphatic heterocycles. The minimum absolute atomic E-state index is 0.150. The maximum atomic E-state index is 12.8. The Kier molecular flexibility index (Phi) is 4.36. The van der Waals surface area contributed by atoms with Crippen molar-refractivity contribution in [2.24, 2.45) is 5.92 Å². The number of carboxylic acids is 1. The van der Waals surface area contributed by atoms with Crippen LogP contribution in [0.25, 0.3) is 0 Å². The number of aliphatic carboxylic acids is 1. The topological polar surface area (TPSA) is 57.6 Å². The molecule has 19 heavy (non-hydrogen) atoms. The van der Waals surface area contributed by atoms with Crippen molar-refractivity contribution in [2.75, 3.05) is 13.1 Å². The molecule has 0 spiro atoms. The molecule has 0 radical (unpaired) electrons. The van der Waals surface area contributed by atoms with Gasteiger partial charge in [0.2, 0.25) is 0 Å². The van der Waals surface area contributed by atoms with Crippen LogP contribution in [0.15, 0.2) is 0 Å². The molecule has 0 saturated carbocycles. The first-order valence-corrected chi connectivity index (χ1v) is 5.51. The first-order chi connectivity index (χ1) is 8.55. The van der Waals surface area contributed by atoms with E-state index in [1.807, 2.05) is 0 Å². The van der Waals surface area contributed by atoms with Gasteiger partial charge < -0.3 is 10.0 Å². The SMILES string of the molecule is O=C(O)CCC1CCN(C(=O)C(F)(F)C(F)(F)F)C1. The normalized spacial score (nSPS) is 20.7. The molecule has 0 aromatic carbocycles. The van der Waals surface area contributed by atoms with Gasteiger partial charge >= 0.3 is 24.0 Å². The summed E-state index contributed by atoms with van der Waals surface area (Å²) in [6, 6.07) is 0. The summed E-state index contributed by atoms with van der Waals surface area (Å²) in [6.07, 6.45) is -5.74. The van der Waals surface area contributed by atoms with Crippen molar-refractivity contribution >= 4 is 11.9 Å². The molecule has 4 nitrogen and oxygen atoms in total. The van der Waals surface area contributed by atoms with Crippen LogP contribution in [0.2, 0.25) is 0 Å². The molecule has 0 aliphatic carbocycles. The van der Waals surface area contributed by atoms with Gasteiger partial charge in [0.25, 0.3) is 0 Å². The molecule has 0 aromatic rings. The van der Waals surface area contributed by atoms with E-state index in [2.05, 4.69) is 0 Å². The van der Waals surface area contributed by atoms with Crippen LogP contribution in [-0.4, -0.2) is 47.1 Å². The van der Waals surface area contributed by atoms with Crippen molar-refractivity contribution in [3.8, 4) is 0 Å². The fourth-order valence-electron chi connectivity index (χ4n) is 1.90. The Balaban J connectivity index is 2.59. The fraction of sp³-hybridized carbons (Fsp3) is 0.800. The van der Waals surface area contributed by atoms with Crippen molar-refractivity contribution in [1.29, 1.82) is 0 Å². The Morgan fingerprint density at radius 1 is 1.21 bits per heavy atom. The second-order valence-electron chi connectivity index (χ2n) is 4.41. The molecule has 9 heteroatoms. The summed E-state index contributed by atoms with van der Waals surface area (Å²) in [5.74, 6) is -9.10. The molecule has 1 fully saturated rings. The lowest BCUT2D eigenvalue weighted by Gasteiger charge is -2.24. The molecule has 1 saturated heterocycles. The predicted octanol–water partition coefficient (Wildman–Crippen LogP) is 1.90. The van der Waals surface area contributed by atoms with Crippen LogP contribution < -0.4 is 0 Å². The fourth-order valence-corrected chi connectivity index (χ4v) is 1.90. The van der Waals surface area contributed by atoms with Crippen LogP contribution in [0.5, 0.6) is 0 Å². The Morgan fingerprint density at radius 3 is 2.26 bits per heavy atom. The summed E-state index contributed by atoms with van der Waals surface area (Å²) in [5, 5.41) is 8.44. The number of carboxylic acid groups (broad SMARTS) is 1. The van der Waals surface area contributed by atoms with Crippen LogP contribution >= 0.6 is 0 Å². The monoisotopic (exact) mass is 289 g/mol. The maximum Gasteiger partial charge on any atom is 0.463 e. The molecular weight excluding hydrogens is 277 g/mol. The highest BCUT2D eigenvalue weighted by Crippen LogP contribution is 2.38. The van der Waals surface area contributed by atoms with E-state index in [9.17, 15) is 31.5 Å². The van der Waals surface area contributed by atoms with Gasteiger partial charge in [0.1, 0.15) is 0 Å². The summed E-state index contributed by atoms with van der Waals surface area (Å²) in [6.45, 7) is -0.480. The molecule has 0 bridgehead atoms. The molecule has 1 heterocycles. The lowest BCUT2D eigenvalue weighted by atomic mass is 10.0. The van der Waals surface area contributed by atoms with E-state index in [4.69, 9.17) is 5.11 Å². The first kappa shape index (κ1) is 15.6. The Hall–Kier alpha value is -1.41. The van der Waals surface area contributed by atoms with E-state index in [0.29, 0.717) is 4.90 Å². The van der Waals surface area contributed by atoms with E-state index >= 15 is 0 Å². The second kappa shape index (κ2) is 5.30. The first-order valence-electron chi connectivity index (χ1n) is 5.51. The van der Waals surface area contributed by atoms with Gasteiger partial charge in [-0.1, -0.05) is 0 Å². The number of halogens is 5. The minimum atomic E-state index is -5.91. The largest absolute Gasteiger partial charge is 0.481 e. The number of nitrogens with zero attached hydrogens (tertiary/aromatic N) is 1. The average Bonchev–Trinajstić information content (AvgIpc) is 2.72. The third kappa shape index (κ3) is 3.54. The molecular formula is C10H12F5NO3. The maximum absolute atomic E-state index is 12.8. The van der Waals surface area contributed by atoms with Gasteiger partial charge in [0.05, 0.1) is 0 Å². The van der Waals surface area contributed by atoms with Gasteiger partial charge in [-0.25, -0.2) is 0 Å². The van der Waals surface area contributed by atoms with Gasteiger partial charge in [-0.05, 0) is 18.8 Å². The summed E-state index contributed by atoms with van der Waals surface area (Å²) >= 11 is 0. The molecule has 1 rings (SSSR count). The number of amides is 1. The Morgan fingerprint density at radius 2 is 1.79 bits per heavy atom. The molecule has 1 atom stereocenters. The van der Waals surface area contributed by atoms with E-state index in [-0.39, 0.29) is 38.3 Å². The van der Waals surface area contributed by atoms with E-state index in [1.54, 1.807) is 0 Å². The standard InChI is InChI=1S/C10H12F5NO3/c11-9(12,10(13,14)15)8(19)16-4-3-6(5-16)1-2-7(17)18/h6H,1-5H2,(H,17,18). The molecule has 1 N–H and O–H groups in total. The highest BCUT2D eigenvalue weighted by molar-refractivity contribution is 5.84. The van der Waals surface area contributed by atoms with Crippen molar-refractivity contribution in [3.05, 3.63) is 0 Å². The Bertz CT molecular complexity index is 369. The lowest BCUT2D eigenvalue weighted by molar-refractivity contribution is -0.274. The van der Waals surface area contributed by atoms with Gasteiger partial charge in [-0.3, -0.25) is 9.59 Å². The summed E-state index contributed by atoms with van der Waals surface area (Å²) in [4.78, 5) is 21.9. The molecule has 110 valence electrons. The number of hydrogen-bond donors (Lipinski definition) is 1. The van der Waals surface area contributed by atoms with E-state index < -0.39 is 24.0 Å². The van der Waals surface area contributed by atoms with Gasteiger partial charge in [0, 0.05) is 19.5 Å². The summed E-state index contributed by atoms with van der Waals surface area (Å²) in [5.41, 5.74) is 0. The Labute approximate surface area is 105 Å².